The summed E-state index contributed by atoms with van der Waals surface area (Å²) in [6.07, 6.45) is 0.963. The number of fused-ring (bicyclic) bond motifs is 1. The first-order valence-corrected chi connectivity index (χ1v) is 12.1. The van der Waals surface area contributed by atoms with Crippen LogP contribution in [0.3, 0.4) is 0 Å². The van der Waals surface area contributed by atoms with E-state index >= 15 is 0 Å². The van der Waals surface area contributed by atoms with E-state index in [1.807, 2.05) is 43.3 Å². The molecule has 1 heterocycles. The fourth-order valence-corrected chi connectivity index (χ4v) is 5.18. The van der Waals surface area contributed by atoms with E-state index in [1.165, 1.54) is 4.31 Å². The lowest BCUT2D eigenvalue weighted by molar-refractivity contribution is 0.0953. The number of ether oxygens (including phenoxy) is 2. The van der Waals surface area contributed by atoms with Crippen LogP contribution < -0.4 is 19.7 Å². The van der Waals surface area contributed by atoms with Crippen LogP contribution in [-0.4, -0.2) is 65.8 Å². The smallest absolute Gasteiger partial charge is 0.251 e. The predicted molar refractivity (Wildman–Crippen MR) is 125 cm³/mol. The van der Waals surface area contributed by atoms with Gasteiger partial charge in [0.15, 0.2) is 11.5 Å². The van der Waals surface area contributed by atoms with Crippen LogP contribution in [0.5, 0.6) is 11.5 Å². The van der Waals surface area contributed by atoms with Gasteiger partial charge in [-0.25, -0.2) is 8.42 Å². The highest BCUT2D eigenvalue weighted by Gasteiger charge is 2.27. The van der Waals surface area contributed by atoms with E-state index in [0.717, 1.165) is 16.8 Å². The molecule has 1 amide bonds. The molecule has 9 heteroatoms. The highest BCUT2D eigenvalue weighted by molar-refractivity contribution is 7.89. The van der Waals surface area contributed by atoms with Gasteiger partial charge in [0.05, 0.1) is 20.0 Å². The first-order chi connectivity index (χ1) is 15.2. The van der Waals surface area contributed by atoms with Crippen LogP contribution in [0.25, 0.3) is 0 Å². The number of benzene rings is 2. The molecule has 0 radical (unpaired) electrons. The van der Waals surface area contributed by atoms with Crippen LogP contribution in [-0.2, 0) is 23.0 Å². The van der Waals surface area contributed by atoms with Crippen molar-refractivity contribution in [1.29, 1.82) is 0 Å². The summed E-state index contributed by atoms with van der Waals surface area (Å²) in [4.78, 5) is 14.3. The minimum Gasteiger partial charge on any atom is -0.493 e. The van der Waals surface area contributed by atoms with Crippen LogP contribution >= 0.6 is 0 Å². The van der Waals surface area contributed by atoms with E-state index in [1.54, 1.807) is 26.4 Å². The van der Waals surface area contributed by atoms with Gasteiger partial charge in [-0.1, -0.05) is 6.07 Å². The molecular weight excluding hydrogens is 430 g/mol. The van der Waals surface area contributed by atoms with E-state index in [9.17, 15) is 13.2 Å². The van der Waals surface area contributed by atoms with Crippen molar-refractivity contribution in [3.63, 3.8) is 0 Å². The lowest BCUT2D eigenvalue weighted by atomic mass is 10.0. The number of methoxy groups -OCH3 is 2. The number of amides is 1. The van der Waals surface area contributed by atoms with Gasteiger partial charge in [-0.2, -0.15) is 4.31 Å². The molecule has 0 bridgehead atoms. The Kier molecular flexibility index (Phi) is 7.63. The van der Waals surface area contributed by atoms with Crippen LogP contribution in [0.4, 0.5) is 5.69 Å². The molecule has 8 nitrogen and oxygen atoms in total. The summed E-state index contributed by atoms with van der Waals surface area (Å²) >= 11 is 0. The molecule has 2 aromatic rings. The summed E-state index contributed by atoms with van der Waals surface area (Å²) < 4.78 is 37.9. The molecule has 0 atom stereocenters. The first kappa shape index (κ1) is 23.9. The van der Waals surface area contributed by atoms with Crippen LogP contribution in [0.15, 0.2) is 36.4 Å². The van der Waals surface area contributed by atoms with Gasteiger partial charge in [-0.3, -0.25) is 4.79 Å². The Hall–Kier alpha value is -2.78. The summed E-state index contributed by atoms with van der Waals surface area (Å²) in [5.41, 5.74) is 3.48. The van der Waals surface area contributed by atoms with Crippen molar-refractivity contribution in [3.8, 4) is 11.5 Å². The van der Waals surface area contributed by atoms with Crippen LogP contribution in [0.1, 0.15) is 27.9 Å². The van der Waals surface area contributed by atoms with Gasteiger partial charge < -0.3 is 19.7 Å². The molecule has 0 aromatic heterocycles. The number of rotatable bonds is 9. The standard InChI is InChI=1S/C23H31N3O5S/c1-25(2)20-8-5-7-18(13-20)23(27)24-10-6-12-32(28,29)26-11-9-17-14-21(30-3)22(31-4)15-19(17)16-26/h5,7-8,13-15H,6,9-12,16H2,1-4H3,(H,24,27). The van der Waals surface area contributed by atoms with Crippen molar-refractivity contribution < 1.29 is 22.7 Å². The highest BCUT2D eigenvalue weighted by Crippen LogP contribution is 2.33. The molecular formula is C23H31N3O5S. The third-order valence-electron chi connectivity index (χ3n) is 5.57. The average Bonchev–Trinajstić information content (AvgIpc) is 2.80. The number of nitrogens with one attached hydrogen (secondary N) is 1. The third kappa shape index (κ3) is 5.52. The number of nitrogens with zero attached hydrogens (tertiary/aromatic N) is 2. The van der Waals surface area contributed by atoms with E-state index in [-0.39, 0.29) is 11.7 Å². The first-order valence-electron chi connectivity index (χ1n) is 10.5. The Bertz CT molecular complexity index is 1070. The molecule has 0 aliphatic carbocycles. The second-order valence-corrected chi connectivity index (χ2v) is 10.0. The fourth-order valence-electron chi connectivity index (χ4n) is 3.71. The molecule has 1 aliphatic heterocycles. The minimum absolute atomic E-state index is 0.0202. The topological polar surface area (TPSA) is 88.2 Å². The molecule has 174 valence electrons. The lowest BCUT2D eigenvalue weighted by Gasteiger charge is -2.29. The zero-order valence-electron chi connectivity index (χ0n) is 19.1. The summed E-state index contributed by atoms with van der Waals surface area (Å²) in [7, 11) is 3.53. The Morgan fingerprint density at radius 2 is 1.78 bits per heavy atom. The zero-order valence-corrected chi connectivity index (χ0v) is 19.9. The van der Waals surface area contributed by atoms with E-state index < -0.39 is 10.0 Å². The third-order valence-corrected chi connectivity index (χ3v) is 7.47. The number of carbonyl (C=O) groups is 1. The van der Waals surface area contributed by atoms with Gasteiger partial charge in [-0.15, -0.1) is 0 Å². The van der Waals surface area contributed by atoms with E-state index in [0.29, 0.717) is 49.5 Å². The molecule has 2 aromatic carbocycles. The fraction of sp³-hybridized carbons (Fsp3) is 0.435. The molecule has 0 fully saturated rings. The number of sulfonamides is 1. The van der Waals surface area contributed by atoms with Gasteiger partial charge in [0.1, 0.15) is 0 Å². The molecule has 0 unspecified atom stereocenters. The number of carbonyl (C=O) groups excluding carboxylic acids is 1. The Morgan fingerprint density at radius 1 is 1.09 bits per heavy atom. The minimum atomic E-state index is -3.44. The molecule has 0 saturated carbocycles. The highest BCUT2D eigenvalue weighted by atomic mass is 32.2. The average molecular weight is 462 g/mol. The van der Waals surface area contributed by atoms with Crippen molar-refractivity contribution in [2.75, 3.05) is 52.1 Å². The number of hydrogen-bond acceptors (Lipinski definition) is 6. The van der Waals surface area contributed by atoms with Crippen molar-refractivity contribution >= 4 is 21.6 Å². The number of hydrogen-bond donors (Lipinski definition) is 1. The largest absolute Gasteiger partial charge is 0.493 e. The lowest BCUT2D eigenvalue weighted by Crippen LogP contribution is -2.38. The second-order valence-electron chi connectivity index (χ2n) is 7.93. The zero-order chi connectivity index (χ0) is 23.3. The molecule has 0 spiro atoms. The molecule has 32 heavy (non-hydrogen) atoms. The van der Waals surface area contributed by atoms with Gasteiger partial charge in [0, 0.05) is 45.0 Å². The summed E-state index contributed by atoms with van der Waals surface area (Å²) in [6, 6.07) is 11.1. The maximum atomic E-state index is 12.9. The Morgan fingerprint density at radius 3 is 2.44 bits per heavy atom. The maximum Gasteiger partial charge on any atom is 0.251 e. The molecule has 3 rings (SSSR count). The summed E-state index contributed by atoms with van der Waals surface area (Å²) in [5, 5.41) is 2.81. The van der Waals surface area contributed by atoms with Crippen molar-refractivity contribution in [2.45, 2.75) is 19.4 Å². The monoisotopic (exact) mass is 461 g/mol. The predicted octanol–water partition coefficient (Wildman–Crippen LogP) is 2.28. The SMILES string of the molecule is COc1cc2c(cc1OC)CN(S(=O)(=O)CCCNC(=O)c1cccc(N(C)C)c1)CC2. The Labute approximate surface area is 190 Å². The number of anilines is 1. The van der Waals surface area contributed by atoms with Crippen LogP contribution in [0, 0.1) is 0 Å². The summed E-state index contributed by atoms with van der Waals surface area (Å²) in [6.45, 7) is 1.02. The van der Waals surface area contributed by atoms with Crippen molar-refractivity contribution in [1.82, 2.24) is 9.62 Å². The van der Waals surface area contributed by atoms with Crippen LogP contribution in [0.2, 0.25) is 0 Å². The Balaban J connectivity index is 1.55. The van der Waals surface area contributed by atoms with Gasteiger partial charge >= 0.3 is 0 Å². The normalized spacial score (nSPS) is 13.9. The van der Waals surface area contributed by atoms with Crippen molar-refractivity contribution in [2.24, 2.45) is 0 Å². The van der Waals surface area contributed by atoms with E-state index in [2.05, 4.69) is 5.32 Å². The van der Waals surface area contributed by atoms with Gasteiger partial charge in [0.2, 0.25) is 10.0 Å². The summed E-state index contributed by atoms with van der Waals surface area (Å²) in [5.74, 6) is 1.01. The van der Waals surface area contributed by atoms with Gasteiger partial charge in [0.25, 0.3) is 5.91 Å². The van der Waals surface area contributed by atoms with E-state index in [4.69, 9.17) is 9.47 Å². The second kappa shape index (κ2) is 10.2. The molecule has 0 saturated heterocycles. The van der Waals surface area contributed by atoms with Crippen molar-refractivity contribution in [3.05, 3.63) is 53.1 Å². The van der Waals surface area contributed by atoms with Gasteiger partial charge in [-0.05, 0) is 54.3 Å². The molecule has 1 N–H and O–H groups in total. The molecule has 1 aliphatic rings. The quantitative estimate of drug-likeness (QED) is 0.577. The maximum absolute atomic E-state index is 12.9.